The van der Waals surface area contributed by atoms with Crippen LogP contribution in [0.4, 0.5) is 0 Å². The summed E-state index contributed by atoms with van der Waals surface area (Å²) in [5.74, 6) is 0. The molecule has 0 aromatic rings. The Morgan fingerprint density at radius 2 is 0.900 bits per heavy atom. The van der Waals surface area contributed by atoms with E-state index in [4.69, 9.17) is 28.1 Å². The maximum absolute atomic E-state index is 8.74. The maximum Gasteiger partial charge on any atom is 1.00 e. The fraction of sp³-hybridized carbons (Fsp3) is 0. The summed E-state index contributed by atoms with van der Waals surface area (Å²) >= 11 is 0. The first-order valence-electron chi connectivity index (χ1n) is 1.30. The number of rotatable bonds is 0. The van der Waals surface area contributed by atoms with Crippen molar-refractivity contribution in [3.63, 3.8) is 0 Å². The van der Waals surface area contributed by atoms with Gasteiger partial charge in [-0.15, -0.1) is 0 Å². The average molecular weight is 204 g/mol. The molecule has 52 valence electrons. The average Bonchev–Trinajstić information content (AvgIpc) is 1.25. The molecule has 0 amide bonds. The molecule has 10 heteroatoms. The molecule has 4 N–H and O–H groups in total. The van der Waals surface area contributed by atoms with E-state index in [1.165, 1.54) is 0 Å². The Balaban J connectivity index is -0.0000000112. The third-order valence-corrected chi connectivity index (χ3v) is 0. The molecule has 0 aliphatic carbocycles. The van der Waals surface area contributed by atoms with E-state index in [9.17, 15) is 0 Å². The van der Waals surface area contributed by atoms with E-state index >= 15 is 0 Å². The molecule has 0 radical (unpaired) electrons. The van der Waals surface area contributed by atoms with Crippen LogP contribution in [-0.4, -0.2) is 37.5 Å². The molecule has 0 saturated heterocycles. The maximum atomic E-state index is 8.74. The summed E-state index contributed by atoms with van der Waals surface area (Å²) in [5.41, 5.74) is 0. The van der Waals surface area contributed by atoms with Crippen molar-refractivity contribution in [1.82, 2.24) is 0 Å². The molecule has 0 fully saturated rings. The minimum Gasteiger partial charge on any atom is -1.00 e. The van der Waals surface area contributed by atoms with Crippen LogP contribution in [0, 0.1) is 0 Å². The van der Waals surface area contributed by atoms with Crippen LogP contribution >= 0.6 is 0 Å². The molecule has 6 nitrogen and oxygen atoms in total. The standard InChI is InChI=1S/K.Li.2H2O3Si.2H/c;;2*1-4(2)3;;/h;;2*1-2H;;/q2*+1;;;2*-1. The van der Waals surface area contributed by atoms with E-state index in [0.29, 0.717) is 0 Å². The smallest absolute Gasteiger partial charge is 1.00 e. The van der Waals surface area contributed by atoms with Crippen LogP contribution in [0.15, 0.2) is 0 Å². The van der Waals surface area contributed by atoms with Crippen LogP contribution in [0.2, 0.25) is 0 Å². The fourth-order valence-electron chi connectivity index (χ4n) is 0. The summed E-state index contributed by atoms with van der Waals surface area (Å²) in [7, 11) is -6.26. The molecule has 0 aromatic heterocycles. The number of hydrogen-bond acceptors (Lipinski definition) is 2. The molecule has 0 bridgehead atoms. The van der Waals surface area contributed by atoms with E-state index in [2.05, 4.69) is 0 Å². The first-order chi connectivity index (χ1) is 3.46. The molecule has 0 aliphatic heterocycles. The van der Waals surface area contributed by atoms with Crippen LogP contribution in [0.25, 0.3) is 0 Å². The third kappa shape index (κ3) is 315. The second-order valence-corrected chi connectivity index (χ2v) is 1.70. The first-order valence-corrected chi connectivity index (χ1v) is 3.91. The third-order valence-electron chi connectivity index (χ3n) is 0. The second kappa shape index (κ2) is 16.8. The summed E-state index contributed by atoms with van der Waals surface area (Å²) in [4.78, 5) is 28.6. The van der Waals surface area contributed by atoms with Gasteiger partial charge < -0.3 is 22.0 Å². The number of hydrogen-bond donors (Lipinski definition) is 4. The van der Waals surface area contributed by atoms with Crippen molar-refractivity contribution >= 4 is 18.3 Å². The Hall–Kier alpha value is 1.47. The molecule has 0 aliphatic rings. The molecule has 0 rings (SSSR count). The molecule has 0 aromatic carbocycles. The van der Waals surface area contributed by atoms with Crippen molar-refractivity contribution in [2.75, 3.05) is 0 Å². The van der Waals surface area contributed by atoms with Crippen molar-refractivity contribution in [3.8, 4) is 0 Å². The van der Waals surface area contributed by atoms with Crippen LogP contribution < -0.4 is 70.2 Å². The molecular formula is H6KLiO6Si2. The fourth-order valence-corrected chi connectivity index (χ4v) is 0. The van der Waals surface area contributed by atoms with Gasteiger partial charge in [0.05, 0.1) is 0 Å². The molecule has 10 heavy (non-hydrogen) atoms. The first kappa shape index (κ1) is 22.5. The van der Waals surface area contributed by atoms with E-state index in [-0.39, 0.29) is 73.1 Å². The minimum absolute atomic E-state index is 0. The Bertz CT molecular complexity index is 81.5. The Kier molecular flexibility index (Phi) is 37.9. The van der Waals surface area contributed by atoms with Gasteiger partial charge in [0.15, 0.2) is 0 Å². The SMILES string of the molecule is O=[Si](O)O.O=[Si](O)O.[H-].[H-].[K+].[Li+]. The molecule has 0 saturated carbocycles. The van der Waals surface area contributed by atoms with Gasteiger partial charge in [-0.2, -0.15) is 0 Å². The van der Waals surface area contributed by atoms with Gasteiger partial charge in [-0.25, -0.2) is 0 Å². The predicted molar refractivity (Wildman–Crippen MR) is 24.0 cm³/mol. The van der Waals surface area contributed by atoms with Gasteiger partial charge in [0.25, 0.3) is 0 Å². The molecular weight excluding hydrogens is 198 g/mol. The largest absolute Gasteiger partial charge is 1.00 e. The zero-order chi connectivity index (χ0) is 7.15. The van der Waals surface area contributed by atoms with Gasteiger partial charge in [-0.1, -0.05) is 0 Å². The van der Waals surface area contributed by atoms with E-state index in [0.717, 1.165) is 0 Å². The van der Waals surface area contributed by atoms with Gasteiger partial charge >= 0.3 is 88.6 Å². The van der Waals surface area contributed by atoms with Crippen molar-refractivity contribution in [2.45, 2.75) is 0 Å². The van der Waals surface area contributed by atoms with E-state index in [1.54, 1.807) is 0 Å². The minimum atomic E-state index is -3.13. The van der Waals surface area contributed by atoms with Crippen LogP contribution in [0.1, 0.15) is 2.85 Å². The summed E-state index contributed by atoms with van der Waals surface area (Å²) in [6, 6.07) is 0. The zero-order valence-electron chi connectivity index (χ0n) is 7.61. The van der Waals surface area contributed by atoms with Gasteiger partial charge in [-0.3, -0.25) is 8.92 Å². The molecule has 0 spiro atoms. The summed E-state index contributed by atoms with van der Waals surface area (Å²) in [6.07, 6.45) is 0. The normalized spacial score (nSPS) is 4.80. The Morgan fingerprint density at radius 3 is 0.900 bits per heavy atom. The molecule has 0 heterocycles. The van der Waals surface area contributed by atoms with E-state index < -0.39 is 18.3 Å². The van der Waals surface area contributed by atoms with Crippen molar-refractivity contribution < 1.29 is 101 Å². The van der Waals surface area contributed by atoms with Crippen LogP contribution in [0.5, 0.6) is 0 Å². The summed E-state index contributed by atoms with van der Waals surface area (Å²) in [6.45, 7) is 0. The monoisotopic (exact) mass is 204 g/mol. The molecule has 0 unspecified atom stereocenters. The second-order valence-electron chi connectivity index (χ2n) is 0.565. The Labute approximate surface area is 118 Å². The van der Waals surface area contributed by atoms with Crippen LogP contribution in [-0.2, 0) is 8.92 Å². The van der Waals surface area contributed by atoms with Gasteiger partial charge in [0.1, 0.15) is 0 Å². The van der Waals surface area contributed by atoms with E-state index in [1.807, 2.05) is 0 Å². The zero-order valence-corrected chi connectivity index (χ0v) is 10.7. The Morgan fingerprint density at radius 1 is 0.900 bits per heavy atom. The molecule has 0 atom stereocenters. The van der Waals surface area contributed by atoms with Crippen molar-refractivity contribution in [2.24, 2.45) is 0 Å². The van der Waals surface area contributed by atoms with Gasteiger partial charge in [-0.05, 0) is 0 Å². The van der Waals surface area contributed by atoms with Crippen molar-refractivity contribution in [1.29, 1.82) is 0 Å². The van der Waals surface area contributed by atoms with Gasteiger partial charge in [0.2, 0.25) is 0 Å². The van der Waals surface area contributed by atoms with Crippen molar-refractivity contribution in [3.05, 3.63) is 0 Å². The summed E-state index contributed by atoms with van der Waals surface area (Å²) < 4.78 is 17.5. The van der Waals surface area contributed by atoms with Crippen LogP contribution in [0.3, 0.4) is 0 Å². The quantitative estimate of drug-likeness (QED) is 0.291. The van der Waals surface area contributed by atoms with Gasteiger partial charge in [0, 0.05) is 0 Å². The predicted octanol–water partition coefficient (Wildman–Crippen LogP) is -8.99. The topological polar surface area (TPSA) is 115 Å². The summed E-state index contributed by atoms with van der Waals surface area (Å²) in [5, 5.41) is 0.